The number of nitrogens with one attached hydrogen (secondary N) is 1. The molecule has 1 nitrogen and oxygen atoms in total. The second kappa shape index (κ2) is 6.76. The highest BCUT2D eigenvalue weighted by Gasteiger charge is 2.22. The molecule has 3 rings (SSSR count). The average Bonchev–Trinajstić information content (AvgIpc) is 3.31. The van der Waals surface area contributed by atoms with Gasteiger partial charge in [0.1, 0.15) is 0 Å². The van der Waals surface area contributed by atoms with Crippen molar-refractivity contribution in [1.29, 1.82) is 0 Å². The number of hydrogen-bond donors (Lipinski definition) is 1. The maximum atomic E-state index is 3.69. The first-order valence-electron chi connectivity index (χ1n) is 7.75. The van der Waals surface area contributed by atoms with Gasteiger partial charge in [0.2, 0.25) is 0 Å². The number of rotatable bonds is 6. The van der Waals surface area contributed by atoms with E-state index >= 15 is 0 Å². The van der Waals surface area contributed by atoms with Crippen molar-refractivity contribution in [2.24, 2.45) is 0 Å². The minimum absolute atomic E-state index is 0.543. The molecule has 1 aliphatic rings. The molecule has 0 amide bonds. The van der Waals surface area contributed by atoms with E-state index in [-0.39, 0.29) is 0 Å². The van der Waals surface area contributed by atoms with E-state index in [1.54, 1.807) is 0 Å². The standard InChI is InChI=1S/C19H22BrN/c1-14-2-4-15(5-3-14)12-17(13-21-19-10-11-19)16-6-8-18(20)9-7-16/h2-9,17,19,21H,10-13H2,1H3. The SMILES string of the molecule is Cc1ccc(CC(CNC2CC2)c2ccc(Br)cc2)cc1. The van der Waals surface area contributed by atoms with E-state index in [0.29, 0.717) is 5.92 Å². The van der Waals surface area contributed by atoms with Gasteiger partial charge in [0.15, 0.2) is 0 Å². The Morgan fingerprint density at radius 3 is 2.33 bits per heavy atom. The summed E-state index contributed by atoms with van der Waals surface area (Å²) in [5.41, 5.74) is 4.17. The van der Waals surface area contributed by atoms with Crippen molar-refractivity contribution in [3.63, 3.8) is 0 Å². The highest BCUT2D eigenvalue weighted by atomic mass is 79.9. The molecule has 1 unspecified atom stereocenters. The molecule has 2 aromatic carbocycles. The Hall–Kier alpha value is -1.12. The summed E-state index contributed by atoms with van der Waals surface area (Å²) in [5.74, 6) is 0.543. The molecule has 0 aliphatic heterocycles. The molecule has 0 bridgehead atoms. The molecule has 1 fully saturated rings. The summed E-state index contributed by atoms with van der Waals surface area (Å²) in [6.07, 6.45) is 3.79. The molecule has 2 heteroatoms. The molecule has 0 spiro atoms. The molecule has 0 radical (unpaired) electrons. The highest BCUT2D eigenvalue weighted by Crippen LogP contribution is 2.25. The van der Waals surface area contributed by atoms with Gasteiger partial charge in [-0.25, -0.2) is 0 Å². The quantitative estimate of drug-likeness (QED) is 0.791. The van der Waals surface area contributed by atoms with Crippen molar-refractivity contribution in [3.8, 4) is 0 Å². The van der Waals surface area contributed by atoms with Crippen LogP contribution in [-0.4, -0.2) is 12.6 Å². The lowest BCUT2D eigenvalue weighted by Gasteiger charge is -2.19. The van der Waals surface area contributed by atoms with Gasteiger partial charge in [0.25, 0.3) is 0 Å². The summed E-state index contributed by atoms with van der Waals surface area (Å²) in [6.45, 7) is 3.21. The summed E-state index contributed by atoms with van der Waals surface area (Å²) in [5, 5.41) is 3.69. The zero-order valence-electron chi connectivity index (χ0n) is 12.5. The molecule has 2 aromatic rings. The summed E-state index contributed by atoms with van der Waals surface area (Å²) < 4.78 is 1.15. The normalized spacial score (nSPS) is 15.9. The lowest BCUT2D eigenvalue weighted by atomic mass is 9.91. The fourth-order valence-electron chi connectivity index (χ4n) is 2.65. The predicted octanol–water partition coefficient (Wildman–Crippen LogP) is 4.84. The van der Waals surface area contributed by atoms with Crippen molar-refractivity contribution < 1.29 is 0 Å². The third-order valence-corrected chi connectivity index (χ3v) is 4.70. The van der Waals surface area contributed by atoms with Crippen LogP contribution in [0.25, 0.3) is 0 Å². The maximum Gasteiger partial charge on any atom is 0.0175 e. The van der Waals surface area contributed by atoms with Gasteiger partial charge in [-0.1, -0.05) is 57.9 Å². The van der Waals surface area contributed by atoms with Gasteiger partial charge < -0.3 is 5.32 Å². The van der Waals surface area contributed by atoms with E-state index in [2.05, 4.69) is 76.7 Å². The van der Waals surface area contributed by atoms with E-state index in [4.69, 9.17) is 0 Å². The van der Waals surface area contributed by atoms with E-state index in [0.717, 1.165) is 23.5 Å². The molecule has 21 heavy (non-hydrogen) atoms. The van der Waals surface area contributed by atoms with Crippen LogP contribution in [-0.2, 0) is 6.42 Å². The van der Waals surface area contributed by atoms with Crippen molar-refractivity contribution >= 4 is 15.9 Å². The number of halogens is 1. The first-order chi connectivity index (χ1) is 10.2. The molecule has 1 atom stereocenters. The van der Waals surface area contributed by atoms with Crippen molar-refractivity contribution in [2.75, 3.05) is 6.54 Å². The van der Waals surface area contributed by atoms with Crippen LogP contribution in [0.4, 0.5) is 0 Å². The fourth-order valence-corrected chi connectivity index (χ4v) is 2.91. The predicted molar refractivity (Wildman–Crippen MR) is 92.8 cm³/mol. The van der Waals surface area contributed by atoms with Gasteiger partial charge in [-0.05, 0) is 49.4 Å². The average molecular weight is 344 g/mol. The number of aryl methyl sites for hydroxylation is 1. The van der Waals surface area contributed by atoms with E-state index < -0.39 is 0 Å². The smallest absolute Gasteiger partial charge is 0.0175 e. The van der Waals surface area contributed by atoms with Gasteiger partial charge in [-0.3, -0.25) is 0 Å². The molecule has 0 aromatic heterocycles. The zero-order chi connectivity index (χ0) is 14.7. The summed E-state index contributed by atoms with van der Waals surface area (Å²) in [6, 6.07) is 18.5. The number of benzene rings is 2. The van der Waals surface area contributed by atoms with Gasteiger partial charge in [-0.2, -0.15) is 0 Å². The third-order valence-electron chi connectivity index (χ3n) is 4.17. The topological polar surface area (TPSA) is 12.0 Å². The summed E-state index contributed by atoms with van der Waals surface area (Å²) >= 11 is 3.53. The molecule has 0 saturated heterocycles. The first-order valence-corrected chi connectivity index (χ1v) is 8.54. The van der Waals surface area contributed by atoms with E-state index in [9.17, 15) is 0 Å². The van der Waals surface area contributed by atoms with E-state index in [1.807, 2.05) is 0 Å². The molecule has 1 aliphatic carbocycles. The lowest BCUT2D eigenvalue weighted by Crippen LogP contribution is -2.24. The van der Waals surface area contributed by atoms with Crippen LogP contribution in [0, 0.1) is 6.92 Å². The van der Waals surface area contributed by atoms with Gasteiger partial charge >= 0.3 is 0 Å². The Morgan fingerprint density at radius 2 is 1.71 bits per heavy atom. The minimum atomic E-state index is 0.543. The molecular weight excluding hydrogens is 322 g/mol. The largest absolute Gasteiger partial charge is 0.313 e. The molecule has 1 saturated carbocycles. The number of hydrogen-bond acceptors (Lipinski definition) is 1. The van der Waals surface area contributed by atoms with Crippen molar-refractivity contribution in [1.82, 2.24) is 5.32 Å². The Bertz CT molecular complexity index is 570. The van der Waals surface area contributed by atoms with Gasteiger partial charge in [0.05, 0.1) is 0 Å². The van der Waals surface area contributed by atoms with Crippen molar-refractivity contribution in [3.05, 3.63) is 69.7 Å². The second-order valence-corrected chi connectivity index (χ2v) is 7.04. The van der Waals surface area contributed by atoms with Crippen LogP contribution in [0.1, 0.15) is 35.4 Å². The Kier molecular flexibility index (Phi) is 4.77. The molecular formula is C19H22BrN. The van der Waals surface area contributed by atoms with Crippen LogP contribution < -0.4 is 5.32 Å². The molecule has 110 valence electrons. The Morgan fingerprint density at radius 1 is 1.05 bits per heavy atom. The van der Waals surface area contributed by atoms with E-state index in [1.165, 1.54) is 29.5 Å². The summed E-state index contributed by atoms with van der Waals surface area (Å²) in [7, 11) is 0. The van der Waals surface area contributed by atoms with Crippen LogP contribution in [0.2, 0.25) is 0 Å². The summed E-state index contributed by atoms with van der Waals surface area (Å²) in [4.78, 5) is 0. The Balaban J connectivity index is 1.73. The van der Waals surface area contributed by atoms with Gasteiger partial charge in [0, 0.05) is 23.0 Å². The van der Waals surface area contributed by atoms with Crippen molar-refractivity contribution in [2.45, 2.75) is 38.1 Å². The lowest BCUT2D eigenvalue weighted by molar-refractivity contribution is 0.577. The highest BCUT2D eigenvalue weighted by molar-refractivity contribution is 9.10. The van der Waals surface area contributed by atoms with Crippen LogP contribution >= 0.6 is 15.9 Å². The van der Waals surface area contributed by atoms with Crippen LogP contribution in [0.5, 0.6) is 0 Å². The van der Waals surface area contributed by atoms with Crippen LogP contribution in [0.15, 0.2) is 53.0 Å². The fraction of sp³-hybridized carbons (Fsp3) is 0.368. The zero-order valence-corrected chi connectivity index (χ0v) is 14.1. The Labute approximate surface area is 135 Å². The maximum absolute atomic E-state index is 3.69. The van der Waals surface area contributed by atoms with Crippen LogP contribution in [0.3, 0.4) is 0 Å². The van der Waals surface area contributed by atoms with Gasteiger partial charge in [-0.15, -0.1) is 0 Å². The first kappa shape index (κ1) is 14.8. The molecule has 0 heterocycles. The monoisotopic (exact) mass is 343 g/mol. The second-order valence-electron chi connectivity index (χ2n) is 6.12. The molecule has 1 N–H and O–H groups in total. The third kappa shape index (κ3) is 4.42. The minimum Gasteiger partial charge on any atom is -0.313 e.